The van der Waals surface area contributed by atoms with E-state index in [9.17, 15) is 8.42 Å². The number of aliphatic imine (C=N–C) groups is 1. The van der Waals surface area contributed by atoms with E-state index in [2.05, 4.69) is 51.7 Å². The Balaban J connectivity index is 1.75. The highest BCUT2D eigenvalue weighted by Gasteiger charge is 2.29. The maximum absolute atomic E-state index is 11.6. The van der Waals surface area contributed by atoms with Gasteiger partial charge in [-0.15, -0.1) is 0 Å². The maximum Gasteiger partial charge on any atom is 0.211 e. The molecule has 0 amide bonds. The lowest BCUT2D eigenvalue weighted by Gasteiger charge is -2.21. The van der Waals surface area contributed by atoms with Crippen molar-refractivity contribution in [3.63, 3.8) is 0 Å². The highest BCUT2D eigenvalue weighted by atomic mass is 32.2. The standard InChI is InChI=1S/C20H35N5O2S/c1-5-25(28(4,26)27)13-9-12-22-20(21-3)23-19-14-17(2)24(16-19)15-18-10-7-6-8-11-18/h6-8,10-11,17,19H,5,9,12-16H2,1-4H3,(H2,21,22,23). The van der Waals surface area contributed by atoms with E-state index in [1.165, 1.54) is 16.1 Å². The first-order valence-electron chi connectivity index (χ1n) is 10.0. The van der Waals surface area contributed by atoms with Crippen LogP contribution in [0.3, 0.4) is 0 Å². The van der Waals surface area contributed by atoms with Gasteiger partial charge in [-0.1, -0.05) is 37.3 Å². The zero-order valence-electron chi connectivity index (χ0n) is 17.6. The fourth-order valence-electron chi connectivity index (χ4n) is 3.65. The summed E-state index contributed by atoms with van der Waals surface area (Å²) >= 11 is 0. The van der Waals surface area contributed by atoms with Crippen LogP contribution in [0.5, 0.6) is 0 Å². The molecule has 1 aliphatic rings. The van der Waals surface area contributed by atoms with Gasteiger partial charge < -0.3 is 10.6 Å². The van der Waals surface area contributed by atoms with E-state index < -0.39 is 10.0 Å². The average Bonchev–Trinajstić information content (AvgIpc) is 2.99. The number of rotatable bonds is 9. The van der Waals surface area contributed by atoms with E-state index >= 15 is 0 Å². The van der Waals surface area contributed by atoms with Crippen molar-refractivity contribution in [1.82, 2.24) is 19.8 Å². The molecule has 0 spiro atoms. The summed E-state index contributed by atoms with van der Waals surface area (Å²) in [5.74, 6) is 0.779. The van der Waals surface area contributed by atoms with Gasteiger partial charge in [-0.2, -0.15) is 0 Å². The first-order chi connectivity index (χ1) is 13.3. The third kappa shape index (κ3) is 7.07. The molecule has 0 aliphatic carbocycles. The van der Waals surface area contributed by atoms with Gasteiger partial charge in [0.2, 0.25) is 10.0 Å². The summed E-state index contributed by atoms with van der Waals surface area (Å²) in [6, 6.07) is 11.4. The van der Waals surface area contributed by atoms with Crippen LogP contribution in [-0.4, -0.2) is 75.1 Å². The summed E-state index contributed by atoms with van der Waals surface area (Å²) in [6.45, 7) is 7.77. The van der Waals surface area contributed by atoms with Gasteiger partial charge >= 0.3 is 0 Å². The lowest BCUT2D eigenvalue weighted by Crippen LogP contribution is -2.45. The van der Waals surface area contributed by atoms with Crippen LogP contribution in [0.15, 0.2) is 35.3 Å². The van der Waals surface area contributed by atoms with Crippen molar-refractivity contribution in [2.24, 2.45) is 4.99 Å². The summed E-state index contributed by atoms with van der Waals surface area (Å²) in [7, 11) is -1.36. The van der Waals surface area contributed by atoms with Crippen molar-refractivity contribution in [3.05, 3.63) is 35.9 Å². The quantitative estimate of drug-likeness (QED) is 0.367. The molecule has 1 aromatic carbocycles. The van der Waals surface area contributed by atoms with Crippen LogP contribution in [-0.2, 0) is 16.6 Å². The molecule has 7 nitrogen and oxygen atoms in total. The SMILES string of the molecule is CCN(CCCNC(=NC)NC1CC(C)N(Cc2ccccc2)C1)S(C)(=O)=O. The minimum absolute atomic E-state index is 0.355. The fourth-order valence-corrected chi connectivity index (χ4v) is 4.58. The molecule has 2 rings (SSSR count). The molecule has 2 unspecified atom stereocenters. The Kier molecular flexibility index (Phi) is 8.72. The summed E-state index contributed by atoms with van der Waals surface area (Å²) in [5.41, 5.74) is 1.34. The summed E-state index contributed by atoms with van der Waals surface area (Å²) in [6.07, 6.45) is 3.07. The second-order valence-corrected chi connectivity index (χ2v) is 9.43. The number of nitrogens with zero attached hydrogens (tertiary/aromatic N) is 3. The smallest absolute Gasteiger partial charge is 0.211 e. The van der Waals surface area contributed by atoms with E-state index in [4.69, 9.17) is 0 Å². The van der Waals surface area contributed by atoms with Crippen molar-refractivity contribution >= 4 is 16.0 Å². The maximum atomic E-state index is 11.6. The third-order valence-electron chi connectivity index (χ3n) is 5.20. The number of hydrogen-bond acceptors (Lipinski definition) is 4. The number of sulfonamides is 1. The van der Waals surface area contributed by atoms with Gasteiger partial charge in [-0.3, -0.25) is 9.89 Å². The van der Waals surface area contributed by atoms with Crippen molar-refractivity contribution in [3.8, 4) is 0 Å². The number of guanidine groups is 1. The van der Waals surface area contributed by atoms with Crippen molar-refractivity contribution in [2.45, 2.75) is 45.3 Å². The van der Waals surface area contributed by atoms with Gasteiger partial charge in [0.1, 0.15) is 0 Å². The Bertz CT molecular complexity index is 723. The zero-order valence-corrected chi connectivity index (χ0v) is 18.4. The van der Waals surface area contributed by atoms with Gasteiger partial charge in [0.15, 0.2) is 5.96 Å². The van der Waals surface area contributed by atoms with Gasteiger partial charge in [-0.05, 0) is 25.3 Å². The summed E-state index contributed by atoms with van der Waals surface area (Å²) in [5, 5.41) is 6.81. The van der Waals surface area contributed by atoms with Gasteiger partial charge in [0.25, 0.3) is 0 Å². The van der Waals surface area contributed by atoms with E-state index in [1.54, 1.807) is 7.05 Å². The largest absolute Gasteiger partial charge is 0.356 e. The van der Waals surface area contributed by atoms with Gasteiger partial charge in [-0.25, -0.2) is 12.7 Å². The Labute approximate surface area is 170 Å². The molecule has 28 heavy (non-hydrogen) atoms. The normalized spacial score (nSPS) is 21.2. The molecular weight excluding hydrogens is 374 g/mol. The summed E-state index contributed by atoms with van der Waals surface area (Å²) in [4.78, 5) is 6.81. The molecule has 0 saturated carbocycles. The zero-order chi connectivity index (χ0) is 20.6. The molecule has 0 aromatic heterocycles. The van der Waals surface area contributed by atoms with Crippen molar-refractivity contribution < 1.29 is 8.42 Å². The number of hydrogen-bond donors (Lipinski definition) is 2. The van der Waals surface area contributed by atoms with Crippen LogP contribution in [0, 0.1) is 0 Å². The van der Waals surface area contributed by atoms with Crippen LogP contribution in [0.4, 0.5) is 0 Å². The van der Waals surface area contributed by atoms with Crippen LogP contribution in [0.2, 0.25) is 0 Å². The van der Waals surface area contributed by atoms with Crippen molar-refractivity contribution in [1.29, 1.82) is 0 Å². The second-order valence-electron chi connectivity index (χ2n) is 7.45. The first kappa shape index (κ1) is 22.6. The third-order valence-corrected chi connectivity index (χ3v) is 6.57. The molecular formula is C20H35N5O2S. The lowest BCUT2D eigenvalue weighted by atomic mass is 10.2. The molecule has 2 atom stereocenters. The average molecular weight is 410 g/mol. The highest BCUT2D eigenvalue weighted by molar-refractivity contribution is 7.88. The topological polar surface area (TPSA) is 77.0 Å². The number of benzene rings is 1. The Morgan fingerprint density at radius 1 is 1.32 bits per heavy atom. The molecule has 1 heterocycles. The molecule has 1 aliphatic heterocycles. The predicted octanol–water partition coefficient (Wildman–Crippen LogP) is 1.49. The Morgan fingerprint density at radius 3 is 2.64 bits per heavy atom. The Hall–Kier alpha value is -1.64. The number of nitrogens with one attached hydrogen (secondary N) is 2. The van der Waals surface area contributed by atoms with Gasteiger partial charge in [0.05, 0.1) is 6.26 Å². The molecule has 158 valence electrons. The van der Waals surface area contributed by atoms with E-state index in [1.807, 2.05) is 13.0 Å². The molecule has 1 fully saturated rings. The van der Waals surface area contributed by atoms with E-state index in [0.29, 0.717) is 31.7 Å². The van der Waals surface area contributed by atoms with Crippen LogP contribution < -0.4 is 10.6 Å². The van der Waals surface area contributed by atoms with E-state index in [0.717, 1.165) is 31.9 Å². The molecule has 1 aromatic rings. The highest BCUT2D eigenvalue weighted by Crippen LogP contribution is 2.20. The van der Waals surface area contributed by atoms with Crippen molar-refractivity contribution in [2.75, 3.05) is 39.5 Å². The van der Waals surface area contributed by atoms with Crippen LogP contribution in [0.1, 0.15) is 32.3 Å². The molecule has 1 saturated heterocycles. The second kappa shape index (κ2) is 10.8. The van der Waals surface area contributed by atoms with E-state index in [-0.39, 0.29) is 0 Å². The number of likely N-dealkylation sites (tertiary alicyclic amines) is 1. The Morgan fingerprint density at radius 2 is 2.04 bits per heavy atom. The summed E-state index contributed by atoms with van der Waals surface area (Å²) < 4.78 is 24.8. The monoisotopic (exact) mass is 409 g/mol. The fraction of sp³-hybridized carbons (Fsp3) is 0.650. The molecule has 2 N–H and O–H groups in total. The molecule has 0 radical (unpaired) electrons. The minimum Gasteiger partial charge on any atom is -0.356 e. The predicted molar refractivity (Wildman–Crippen MR) is 116 cm³/mol. The molecule has 0 bridgehead atoms. The molecule has 8 heteroatoms. The lowest BCUT2D eigenvalue weighted by molar-refractivity contribution is 0.258. The van der Waals surface area contributed by atoms with Crippen LogP contribution >= 0.6 is 0 Å². The van der Waals surface area contributed by atoms with Gasteiger partial charge in [0, 0.05) is 51.9 Å². The minimum atomic E-state index is -3.12. The first-order valence-corrected chi connectivity index (χ1v) is 11.9. The van der Waals surface area contributed by atoms with Crippen LogP contribution in [0.25, 0.3) is 0 Å².